The van der Waals surface area contributed by atoms with Crippen LogP contribution in [0.1, 0.15) is 12.8 Å². The molecule has 0 aliphatic carbocycles. The molecule has 0 heterocycles. The molecular formula is C16H25NO7Si. The molecule has 1 aromatic carbocycles. The van der Waals surface area contributed by atoms with Crippen LogP contribution in [0.5, 0.6) is 17.2 Å². The summed E-state index contributed by atoms with van der Waals surface area (Å²) in [5.41, 5.74) is -0.471. The van der Waals surface area contributed by atoms with E-state index >= 15 is 0 Å². The second kappa shape index (κ2) is 9.26. The van der Waals surface area contributed by atoms with Gasteiger partial charge in [0.25, 0.3) is 0 Å². The van der Waals surface area contributed by atoms with Crippen LogP contribution >= 0.6 is 0 Å². The van der Waals surface area contributed by atoms with Crippen molar-refractivity contribution in [2.75, 3.05) is 20.3 Å². The van der Waals surface area contributed by atoms with E-state index in [0.29, 0.717) is 13.0 Å². The van der Waals surface area contributed by atoms with E-state index in [1.807, 2.05) is 0 Å². The molecular weight excluding hydrogens is 346 g/mol. The predicted molar refractivity (Wildman–Crippen MR) is 95.2 cm³/mol. The van der Waals surface area contributed by atoms with Crippen molar-refractivity contribution in [2.24, 2.45) is 0 Å². The molecule has 8 nitrogen and oxygen atoms in total. The zero-order valence-electron chi connectivity index (χ0n) is 15.0. The molecule has 140 valence electrons. The Morgan fingerprint density at radius 3 is 2.48 bits per heavy atom. The van der Waals surface area contributed by atoms with Crippen molar-refractivity contribution in [2.45, 2.75) is 38.5 Å². The van der Waals surface area contributed by atoms with Gasteiger partial charge in [-0.05, 0) is 12.5 Å². The summed E-state index contributed by atoms with van der Waals surface area (Å²) in [5, 5.41) is 20.4. The monoisotopic (exact) mass is 371 g/mol. The fraction of sp³-hybridized carbons (Fsp3) is 0.562. The lowest BCUT2D eigenvalue weighted by Gasteiger charge is -2.15. The first-order chi connectivity index (χ1) is 11.6. The number of nitrogens with zero attached hydrogens (tertiary/aromatic N) is 1. The molecule has 0 saturated carbocycles. The van der Waals surface area contributed by atoms with E-state index in [9.17, 15) is 20.0 Å². The second-order valence-electron chi connectivity index (χ2n) is 6.73. The van der Waals surface area contributed by atoms with Crippen molar-refractivity contribution in [3.63, 3.8) is 0 Å². The molecule has 0 aliphatic rings. The highest BCUT2D eigenvalue weighted by Crippen LogP contribution is 2.38. The molecule has 1 aromatic rings. The van der Waals surface area contributed by atoms with E-state index in [4.69, 9.17) is 14.2 Å². The minimum Gasteiger partial charge on any atom is -0.502 e. The molecule has 0 spiro atoms. The quantitative estimate of drug-likeness (QED) is 0.221. The molecule has 0 atom stereocenters. The first-order valence-corrected chi connectivity index (χ1v) is 11.7. The summed E-state index contributed by atoms with van der Waals surface area (Å²) in [6.45, 7) is 7.23. The highest BCUT2D eigenvalue weighted by molar-refractivity contribution is 6.76. The molecule has 25 heavy (non-hydrogen) atoms. The average molecular weight is 371 g/mol. The van der Waals surface area contributed by atoms with E-state index in [1.54, 1.807) is 0 Å². The molecule has 1 rings (SSSR count). The number of methoxy groups -OCH3 is 1. The second-order valence-corrected chi connectivity index (χ2v) is 12.4. The molecule has 0 bridgehead atoms. The number of benzene rings is 1. The molecule has 0 radical (unpaired) electrons. The van der Waals surface area contributed by atoms with Crippen molar-refractivity contribution in [1.82, 2.24) is 0 Å². The Kier molecular flexibility index (Phi) is 7.68. The Labute approximate surface area is 147 Å². The molecule has 0 aliphatic heterocycles. The van der Waals surface area contributed by atoms with Crippen molar-refractivity contribution >= 4 is 19.7 Å². The predicted octanol–water partition coefficient (Wildman–Crippen LogP) is 3.35. The van der Waals surface area contributed by atoms with Crippen molar-refractivity contribution < 1.29 is 29.0 Å². The number of nitro groups is 1. The number of aromatic hydroxyl groups is 1. The SMILES string of the molecule is COc1cc(O)c([N+](=O)[O-])cc1OCCCC(=O)OCC[Si](C)(C)C. The minimum atomic E-state index is -1.23. The maximum Gasteiger partial charge on any atom is 0.314 e. The normalized spacial score (nSPS) is 11.0. The largest absolute Gasteiger partial charge is 0.502 e. The zero-order valence-corrected chi connectivity index (χ0v) is 16.0. The molecule has 0 unspecified atom stereocenters. The number of carbonyl (C=O) groups is 1. The third-order valence-electron chi connectivity index (χ3n) is 3.36. The van der Waals surface area contributed by atoms with Gasteiger partial charge in [-0.1, -0.05) is 19.6 Å². The first kappa shape index (κ1) is 20.8. The summed E-state index contributed by atoms with van der Waals surface area (Å²) in [7, 11) is 0.137. The number of esters is 1. The Morgan fingerprint density at radius 1 is 1.24 bits per heavy atom. The Bertz CT molecular complexity index is 613. The third kappa shape index (κ3) is 7.42. The topological polar surface area (TPSA) is 108 Å². The van der Waals surface area contributed by atoms with E-state index in [1.165, 1.54) is 7.11 Å². The van der Waals surface area contributed by atoms with Gasteiger partial charge in [0.15, 0.2) is 17.2 Å². The van der Waals surface area contributed by atoms with Crippen LogP contribution in [0.25, 0.3) is 0 Å². The molecule has 0 amide bonds. The van der Waals surface area contributed by atoms with Crippen molar-refractivity contribution in [3.05, 3.63) is 22.2 Å². The minimum absolute atomic E-state index is 0.138. The van der Waals surface area contributed by atoms with E-state index in [2.05, 4.69) is 19.6 Å². The highest BCUT2D eigenvalue weighted by Gasteiger charge is 2.19. The molecule has 0 aromatic heterocycles. The van der Waals surface area contributed by atoms with Gasteiger partial charge in [-0.25, -0.2) is 0 Å². The van der Waals surface area contributed by atoms with Gasteiger partial charge in [-0.3, -0.25) is 14.9 Å². The first-order valence-electron chi connectivity index (χ1n) is 7.98. The molecule has 0 saturated heterocycles. The van der Waals surface area contributed by atoms with E-state index in [-0.39, 0.29) is 30.5 Å². The molecule has 1 N–H and O–H groups in total. The van der Waals surface area contributed by atoms with Crippen LogP contribution in [-0.4, -0.2) is 44.4 Å². The van der Waals surface area contributed by atoms with Gasteiger partial charge in [0.2, 0.25) is 0 Å². The number of hydrogen-bond acceptors (Lipinski definition) is 7. The number of carbonyl (C=O) groups excluding carboxylic acids is 1. The maximum absolute atomic E-state index is 11.6. The van der Waals surface area contributed by atoms with Crippen LogP contribution < -0.4 is 9.47 Å². The van der Waals surface area contributed by atoms with Crippen molar-refractivity contribution in [3.8, 4) is 17.2 Å². The highest BCUT2D eigenvalue weighted by atomic mass is 28.3. The van der Waals surface area contributed by atoms with Crippen LogP contribution in [0.2, 0.25) is 25.7 Å². The smallest absolute Gasteiger partial charge is 0.314 e. The summed E-state index contributed by atoms with van der Waals surface area (Å²) in [4.78, 5) is 21.8. The standard InChI is InChI=1S/C16H25NO7Si/c1-22-14-11-13(18)12(17(20)21)10-15(14)23-7-5-6-16(19)24-8-9-25(2,3)4/h10-11,18H,5-9H2,1-4H3. The Hall–Kier alpha value is -2.29. The fourth-order valence-corrected chi connectivity index (χ4v) is 2.61. The number of hydrogen-bond donors (Lipinski definition) is 1. The average Bonchev–Trinajstić information content (AvgIpc) is 2.50. The lowest BCUT2D eigenvalue weighted by molar-refractivity contribution is -0.386. The summed E-state index contributed by atoms with van der Waals surface area (Å²) in [6, 6.07) is 3.14. The molecule has 0 fully saturated rings. The number of ether oxygens (including phenoxy) is 3. The number of phenolic OH excluding ortho intramolecular Hbond substituents is 1. The molecule has 9 heteroatoms. The van der Waals surface area contributed by atoms with Crippen molar-refractivity contribution in [1.29, 1.82) is 0 Å². The summed E-state index contributed by atoms with van der Waals surface area (Å²) in [5.74, 6) is -0.467. The summed E-state index contributed by atoms with van der Waals surface area (Å²) >= 11 is 0. The van der Waals surface area contributed by atoms with Gasteiger partial charge in [0.1, 0.15) is 0 Å². The van der Waals surface area contributed by atoms with E-state index < -0.39 is 24.4 Å². The lowest BCUT2D eigenvalue weighted by Crippen LogP contribution is -2.22. The fourth-order valence-electron chi connectivity index (χ4n) is 1.90. The van der Waals surface area contributed by atoms with Crippen LogP contribution in [0.3, 0.4) is 0 Å². The van der Waals surface area contributed by atoms with Crippen LogP contribution in [0.15, 0.2) is 12.1 Å². The lowest BCUT2D eigenvalue weighted by atomic mass is 10.2. The number of nitro benzene ring substituents is 1. The van der Waals surface area contributed by atoms with Gasteiger partial charge in [0.05, 0.1) is 31.3 Å². The van der Waals surface area contributed by atoms with Gasteiger partial charge in [-0.15, -0.1) is 0 Å². The van der Waals surface area contributed by atoms with Crippen LogP contribution in [0.4, 0.5) is 5.69 Å². The zero-order chi connectivity index (χ0) is 19.0. The Balaban J connectivity index is 2.47. The third-order valence-corrected chi connectivity index (χ3v) is 5.06. The maximum atomic E-state index is 11.6. The summed E-state index contributed by atoms with van der Waals surface area (Å²) in [6.07, 6.45) is 0.609. The summed E-state index contributed by atoms with van der Waals surface area (Å²) < 4.78 is 15.6. The number of phenols is 1. The van der Waals surface area contributed by atoms with Gasteiger partial charge in [0, 0.05) is 20.6 Å². The van der Waals surface area contributed by atoms with Crippen LogP contribution in [0, 0.1) is 10.1 Å². The number of rotatable bonds is 10. The Morgan fingerprint density at radius 2 is 1.92 bits per heavy atom. The van der Waals surface area contributed by atoms with Gasteiger partial charge < -0.3 is 19.3 Å². The van der Waals surface area contributed by atoms with Gasteiger partial charge >= 0.3 is 11.7 Å². The van der Waals surface area contributed by atoms with Gasteiger partial charge in [-0.2, -0.15) is 0 Å². The van der Waals surface area contributed by atoms with Crippen LogP contribution in [-0.2, 0) is 9.53 Å². The van der Waals surface area contributed by atoms with E-state index in [0.717, 1.165) is 18.2 Å².